The van der Waals surface area contributed by atoms with Crippen molar-refractivity contribution in [2.75, 3.05) is 39.6 Å². The molecule has 0 aliphatic heterocycles. The molecule has 0 aliphatic rings. The Hall–Kier alpha value is -1.94. The zero-order chi connectivity index (χ0) is 71.4. The predicted octanol–water partition coefficient (Wildman–Crippen LogP) is 23.1. The van der Waals surface area contributed by atoms with Crippen LogP contribution in [0.2, 0.25) is 0 Å². The maximum atomic E-state index is 13.1. The van der Waals surface area contributed by atoms with E-state index in [-0.39, 0.29) is 25.7 Å². The fourth-order valence-electron chi connectivity index (χ4n) is 12.0. The number of carbonyl (C=O) groups is 4. The lowest BCUT2D eigenvalue weighted by atomic mass is 10.0. The van der Waals surface area contributed by atoms with Crippen molar-refractivity contribution in [2.45, 2.75) is 426 Å². The van der Waals surface area contributed by atoms with Crippen molar-refractivity contribution in [3.8, 4) is 0 Å². The van der Waals surface area contributed by atoms with Crippen LogP contribution in [0.15, 0.2) is 0 Å². The Labute approximate surface area is 594 Å². The second-order valence-corrected chi connectivity index (χ2v) is 32.0. The smallest absolute Gasteiger partial charge is 0.462 e. The van der Waals surface area contributed by atoms with Crippen molar-refractivity contribution < 1.29 is 80.2 Å². The van der Waals surface area contributed by atoms with Crippen LogP contribution in [0.1, 0.15) is 408 Å². The molecular weight excluding hydrogens is 1270 g/mol. The van der Waals surface area contributed by atoms with Gasteiger partial charge in [0.05, 0.1) is 26.4 Å². The summed E-state index contributed by atoms with van der Waals surface area (Å²) in [4.78, 5) is 72.7. The van der Waals surface area contributed by atoms with E-state index in [1.165, 1.54) is 218 Å². The van der Waals surface area contributed by atoms with E-state index in [4.69, 9.17) is 37.0 Å². The van der Waals surface area contributed by atoms with Gasteiger partial charge in [-0.2, -0.15) is 0 Å². The predicted molar refractivity (Wildman–Crippen MR) is 395 cm³/mol. The third-order valence-corrected chi connectivity index (χ3v) is 20.1. The number of phosphoric ester groups is 2. The summed E-state index contributed by atoms with van der Waals surface area (Å²) >= 11 is 0. The zero-order valence-corrected chi connectivity index (χ0v) is 65.2. The summed E-state index contributed by atoms with van der Waals surface area (Å²) < 4.78 is 68.4. The number of unbranched alkanes of at least 4 members (excludes halogenated alkanes) is 47. The molecule has 3 N–H and O–H groups in total. The molecule has 0 amide bonds. The number of carbonyl (C=O) groups excluding carboxylic acids is 4. The standard InChI is InChI=1S/C78H152O17P2/c1-7-9-11-13-15-35-44-50-56-62-77(82)94-73(66-88-75(80)60-54-48-42-16-14-12-10-8-2)68-92-96(84,85)90-64-72(79)65-91-97(86,87)93-69-74(67-89-76(81)61-55-49-43-38-33-29-25-22-21-24-28-32-37-41-47-53-59-71(5)6)95-78(83)63-57-51-45-39-34-30-26-20-18-17-19-23-27-31-36-40-46-52-58-70(3)4/h70-74,79H,7-69H2,1-6H3,(H,84,85)(H,86,87)/t72-,73+,74+/m0/s1. The molecule has 0 saturated carbocycles. The fourth-order valence-corrected chi connectivity index (χ4v) is 13.6. The monoisotopic (exact) mass is 1420 g/mol. The lowest BCUT2D eigenvalue weighted by Crippen LogP contribution is -2.30. The first-order chi connectivity index (χ1) is 46.9. The van der Waals surface area contributed by atoms with Crippen LogP contribution in [0.5, 0.6) is 0 Å². The highest BCUT2D eigenvalue weighted by molar-refractivity contribution is 7.47. The summed E-state index contributed by atoms with van der Waals surface area (Å²) in [6.45, 7) is 9.63. The van der Waals surface area contributed by atoms with Gasteiger partial charge in [-0.05, 0) is 37.5 Å². The Morgan fingerprint density at radius 1 is 0.278 bits per heavy atom. The van der Waals surface area contributed by atoms with E-state index >= 15 is 0 Å². The third-order valence-electron chi connectivity index (χ3n) is 18.2. The fraction of sp³-hybridized carbons (Fsp3) is 0.949. The van der Waals surface area contributed by atoms with Gasteiger partial charge < -0.3 is 33.8 Å². The van der Waals surface area contributed by atoms with E-state index in [0.29, 0.717) is 25.7 Å². The second-order valence-electron chi connectivity index (χ2n) is 29.1. The van der Waals surface area contributed by atoms with Crippen molar-refractivity contribution in [3.63, 3.8) is 0 Å². The van der Waals surface area contributed by atoms with Crippen molar-refractivity contribution in [2.24, 2.45) is 11.8 Å². The number of aliphatic hydroxyl groups is 1. The Kier molecular flexibility index (Phi) is 68.4. The SMILES string of the molecule is CCCCCCCCCCCC(=O)O[C@H](COC(=O)CCCCCCCCCC)COP(=O)(O)OC[C@H](O)COP(=O)(O)OC[C@@H](COC(=O)CCCCCCCCCCCCCCCCCCC(C)C)OC(=O)CCCCCCCCCCCCCCCCCCCCC(C)C. The third kappa shape index (κ3) is 72.2. The van der Waals surface area contributed by atoms with Gasteiger partial charge in [-0.15, -0.1) is 0 Å². The molecule has 0 spiro atoms. The first-order valence-electron chi connectivity index (χ1n) is 40.5. The maximum absolute atomic E-state index is 13.1. The topological polar surface area (TPSA) is 237 Å². The van der Waals surface area contributed by atoms with Crippen LogP contribution in [-0.4, -0.2) is 96.7 Å². The highest BCUT2D eigenvalue weighted by Crippen LogP contribution is 2.45. The van der Waals surface area contributed by atoms with E-state index in [2.05, 4.69) is 41.5 Å². The number of esters is 4. The van der Waals surface area contributed by atoms with Gasteiger partial charge in [-0.1, -0.05) is 356 Å². The molecule has 19 heteroatoms. The van der Waals surface area contributed by atoms with Crippen LogP contribution in [-0.2, 0) is 65.4 Å². The minimum Gasteiger partial charge on any atom is -0.462 e. The number of ether oxygens (including phenoxy) is 4. The Balaban J connectivity index is 5.15. The summed E-state index contributed by atoms with van der Waals surface area (Å²) in [6.07, 6.45) is 58.5. The number of rotatable bonds is 77. The summed E-state index contributed by atoms with van der Waals surface area (Å²) in [5.74, 6) is -0.485. The summed E-state index contributed by atoms with van der Waals surface area (Å²) in [6, 6.07) is 0. The minimum absolute atomic E-state index is 0.106. The van der Waals surface area contributed by atoms with Crippen LogP contribution in [0.25, 0.3) is 0 Å². The van der Waals surface area contributed by atoms with Crippen LogP contribution < -0.4 is 0 Å². The molecule has 0 aromatic carbocycles. The van der Waals surface area contributed by atoms with Crippen LogP contribution in [0, 0.1) is 11.8 Å². The van der Waals surface area contributed by atoms with E-state index in [9.17, 15) is 43.2 Å². The zero-order valence-electron chi connectivity index (χ0n) is 63.4. The van der Waals surface area contributed by atoms with Gasteiger partial charge in [0.25, 0.3) is 0 Å². The van der Waals surface area contributed by atoms with Gasteiger partial charge in [0, 0.05) is 25.7 Å². The molecule has 0 aliphatic carbocycles. The molecule has 97 heavy (non-hydrogen) atoms. The van der Waals surface area contributed by atoms with Crippen LogP contribution in [0.4, 0.5) is 0 Å². The molecule has 0 radical (unpaired) electrons. The van der Waals surface area contributed by atoms with E-state index in [1.807, 2.05) is 0 Å². The molecule has 0 rings (SSSR count). The van der Waals surface area contributed by atoms with Gasteiger partial charge in [0.2, 0.25) is 0 Å². The first kappa shape index (κ1) is 95.1. The number of hydrogen-bond acceptors (Lipinski definition) is 15. The number of hydrogen-bond donors (Lipinski definition) is 3. The Bertz CT molecular complexity index is 1870. The molecule has 0 saturated heterocycles. The molecule has 0 heterocycles. The molecule has 0 aromatic rings. The molecule has 0 aromatic heterocycles. The molecule has 2 unspecified atom stereocenters. The van der Waals surface area contributed by atoms with Crippen molar-refractivity contribution in [1.82, 2.24) is 0 Å². The van der Waals surface area contributed by atoms with Crippen molar-refractivity contribution in [1.29, 1.82) is 0 Å². The molecule has 5 atom stereocenters. The van der Waals surface area contributed by atoms with Crippen molar-refractivity contribution >= 4 is 39.5 Å². The van der Waals surface area contributed by atoms with Gasteiger partial charge in [0.15, 0.2) is 12.2 Å². The largest absolute Gasteiger partial charge is 0.472 e. The molecule has 17 nitrogen and oxygen atoms in total. The maximum Gasteiger partial charge on any atom is 0.472 e. The highest BCUT2D eigenvalue weighted by atomic mass is 31.2. The average molecular weight is 1420 g/mol. The van der Waals surface area contributed by atoms with Crippen molar-refractivity contribution in [3.05, 3.63) is 0 Å². The second kappa shape index (κ2) is 69.8. The molecule has 0 fully saturated rings. The van der Waals surface area contributed by atoms with E-state index < -0.39 is 97.5 Å². The van der Waals surface area contributed by atoms with Crippen LogP contribution >= 0.6 is 15.6 Å². The van der Waals surface area contributed by atoms with Gasteiger partial charge in [-0.3, -0.25) is 37.3 Å². The highest BCUT2D eigenvalue weighted by Gasteiger charge is 2.30. The lowest BCUT2D eigenvalue weighted by molar-refractivity contribution is -0.161. The normalized spacial score (nSPS) is 14.0. The van der Waals surface area contributed by atoms with E-state index in [1.54, 1.807) is 0 Å². The quantitative estimate of drug-likeness (QED) is 0.0222. The minimum atomic E-state index is -4.96. The average Bonchev–Trinajstić information content (AvgIpc) is 2.10. The first-order valence-corrected chi connectivity index (χ1v) is 43.5. The van der Waals surface area contributed by atoms with Gasteiger partial charge in [0.1, 0.15) is 19.3 Å². The molecular formula is C78H152O17P2. The number of phosphoric acid groups is 2. The Morgan fingerprint density at radius 2 is 0.474 bits per heavy atom. The number of aliphatic hydroxyl groups excluding tert-OH is 1. The van der Waals surface area contributed by atoms with Crippen LogP contribution in [0.3, 0.4) is 0 Å². The lowest BCUT2D eigenvalue weighted by Gasteiger charge is -2.21. The summed E-state index contributed by atoms with van der Waals surface area (Å²) in [7, 11) is -9.90. The summed E-state index contributed by atoms with van der Waals surface area (Å²) in [5.41, 5.74) is 0. The summed E-state index contributed by atoms with van der Waals surface area (Å²) in [5, 5.41) is 10.6. The molecule has 0 bridgehead atoms. The Morgan fingerprint density at radius 3 is 0.701 bits per heavy atom. The van der Waals surface area contributed by atoms with E-state index in [0.717, 1.165) is 108 Å². The van der Waals surface area contributed by atoms with Gasteiger partial charge in [-0.25, -0.2) is 9.13 Å². The molecule has 576 valence electrons. The van der Waals surface area contributed by atoms with Gasteiger partial charge >= 0.3 is 39.5 Å².